The van der Waals surface area contributed by atoms with Crippen molar-refractivity contribution in [2.24, 2.45) is 5.92 Å². The van der Waals surface area contributed by atoms with Crippen molar-refractivity contribution in [2.75, 3.05) is 37.6 Å². The third-order valence-electron chi connectivity index (χ3n) is 5.60. The summed E-state index contributed by atoms with van der Waals surface area (Å²) in [5.41, 5.74) is 0. The number of piperazine rings is 1. The third-order valence-corrected chi connectivity index (χ3v) is 5.60. The second-order valence-electron chi connectivity index (χ2n) is 7.18. The molecule has 0 bridgehead atoms. The lowest BCUT2D eigenvalue weighted by molar-refractivity contribution is -0.144. The van der Waals surface area contributed by atoms with Crippen LogP contribution in [-0.4, -0.2) is 65.4 Å². The molecule has 27 heavy (non-hydrogen) atoms. The lowest BCUT2D eigenvalue weighted by Gasteiger charge is -2.43. The molecule has 2 aliphatic rings. The molecule has 0 aromatic carbocycles. The fraction of sp³-hybridized carbons (Fsp3) is 0.550. The van der Waals surface area contributed by atoms with E-state index in [1.807, 2.05) is 4.90 Å². The standard InChI is InChI=1S/C20H27FN4O2/c1-3-17-14-24(19(26)4-2)11-12-25(17)20(27)15-7-9-23(10-8-15)18-6-5-16(21)13-22-18/h4-6,13,15,17H,2-3,7-12,14H2,1H3. The molecule has 0 N–H and O–H groups in total. The van der Waals surface area contributed by atoms with E-state index in [4.69, 9.17) is 0 Å². The predicted molar refractivity (Wildman–Crippen MR) is 102 cm³/mol. The topological polar surface area (TPSA) is 56.8 Å². The minimum absolute atomic E-state index is 0.00240. The Labute approximate surface area is 159 Å². The lowest BCUT2D eigenvalue weighted by atomic mass is 9.93. The molecule has 2 saturated heterocycles. The first-order valence-electron chi connectivity index (χ1n) is 9.61. The smallest absolute Gasteiger partial charge is 0.246 e. The highest BCUT2D eigenvalue weighted by atomic mass is 19.1. The van der Waals surface area contributed by atoms with Gasteiger partial charge < -0.3 is 14.7 Å². The minimum Gasteiger partial charge on any atom is -0.357 e. The molecule has 2 fully saturated rings. The molecule has 1 aromatic heterocycles. The van der Waals surface area contributed by atoms with Crippen LogP contribution in [0.5, 0.6) is 0 Å². The van der Waals surface area contributed by atoms with Gasteiger partial charge in [-0.05, 0) is 37.5 Å². The van der Waals surface area contributed by atoms with Gasteiger partial charge in [-0.25, -0.2) is 9.37 Å². The third kappa shape index (κ3) is 4.28. The van der Waals surface area contributed by atoms with Crippen LogP contribution < -0.4 is 4.90 Å². The van der Waals surface area contributed by atoms with Crippen LogP contribution >= 0.6 is 0 Å². The van der Waals surface area contributed by atoms with Gasteiger partial charge in [-0.2, -0.15) is 0 Å². The van der Waals surface area contributed by atoms with Crippen LogP contribution in [0.2, 0.25) is 0 Å². The Kier molecular flexibility index (Phi) is 6.08. The molecule has 3 rings (SSSR count). The number of anilines is 1. The van der Waals surface area contributed by atoms with Crippen molar-refractivity contribution in [1.82, 2.24) is 14.8 Å². The highest BCUT2D eigenvalue weighted by molar-refractivity contribution is 5.87. The van der Waals surface area contributed by atoms with Gasteiger partial charge in [0.25, 0.3) is 0 Å². The molecule has 7 heteroatoms. The normalized spacial score (nSPS) is 21.3. The van der Waals surface area contributed by atoms with E-state index in [9.17, 15) is 14.0 Å². The molecule has 1 unspecified atom stereocenters. The Balaban J connectivity index is 1.57. The summed E-state index contributed by atoms with van der Waals surface area (Å²) in [5.74, 6) is 0.533. The molecule has 6 nitrogen and oxygen atoms in total. The van der Waals surface area contributed by atoms with Gasteiger partial charge in [0.1, 0.15) is 11.6 Å². The van der Waals surface area contributed by atoms with Gasteiger partial charge in [0.05, 0.1) is 6.20 Å². The number of aromatic nitrogens is 1. The first-order chi connectivity index (χ1) is 13.0. The largest absolute Gasteiger partial charge is 0.357 e. The maximum absolute atomic E-state index is 13.1. The molecule has 1 atom stereocenters. The van der Waals surface area contributed by atoms with E-state index in [2.05, 4.69) is 23.4 Å². The Morgan fingerprint density at radius 1 is 1.26 bits per heavy atom. The zero-order valence-electron chi connectivity index (χ0n) is 15.8. The number of carbonyl (C=O) groups is 2. The van der Waals surface area contributed by atoms with E-state index in [0.717, 1.165) is 38.2 Å². The highest BCUT2D eigenvalue weighted by Gasteiger charge is 2.35. The van der Waals surface area contributed by atoms with Gasteiger partial charge in [-0.3, -0.25) is 9.59 Å². The van der Waals surface area contributed by atoms with Crippen LogP contribution in [0, 0.1) is 11.7 Å². The number of nitrogens with zero attached hydrogens (tertiary/aromatic N) is 4. The minimum atomic E-state index is -0.344. The van der Waals surface area contributed by atoms with Crippen LogP contribution in [0.15, 0.2) is 31.0 Å². The summed E-state index contributed by atoms with van der Waals surface area (Å²) in [7, 11) is 0. The van der Waals surface area contributed by atoms with Crippen molar-refractivity contribution in [3.8, 4) is 0 Å². The molecule has 0 saturated carbocycles. The second kappa shape index (κ2) is 8.50. The molecule has 146 valence electrons. The van der Waals surface area contributed by atoms with Crippen LogP contribution in [0.4, 0.5) is 10.2 Å². The Bertz CT molecular complexity index is 686. The zero-order chi connectivity index (χ0) is 19.4. The number of halogens is 1. The van der Waals surface area contributed by atoms with Crippen LogP contribution in [0.1, 0.15) is 26.2 Å². The van der Waals surface area contributed by atoms with E-state index in [0.29, 0.717) is 19.6 Å². The first kappa shape index (κ1) is 19.3. The van der Waals surface area contributed by atoms with Gasteiger partial charge in [-0.1, -0.05) is 13.5 Å². The molecular weight excluding hydrogens is 347 g/mol. The summed E-state index contributed by atoms with van der Waals surface area (Å²) in [4.78, 5) is 34.9. The molecule has 0 aliphatic carbocycles. The van der Waals surface area contributed by atoms with Crippen molar-refractivity contribution in [1.29, 1.82) is 0 Å². The van der Waals surface area contributed by atoms with E-state index in [1.165, 1.54) is 18.3 Å². The quantitative estimate of drug-likeness (QED) is 0.757. The molecule has 2 aliphatic heterocycles. The molecule has 0 spiro atoms. The number of pyridine rings is 1. The van der Waals surface area contributed by atoms with Crippen molar-refractivity contribution in [2.45, 2.75) is 32.2 Å². The van der Waals surface area contributed by atoms with Crippen LogP contribution in [0.3, 0.4) is 0 Å². The van der Waals surface area contributed by atoms with Gasteiger partial charge in [0, 0.05) is 44.7 Å². The van der Waals surface area contributed by atoms with Crippen molar-refractivity contribution >= 4 is 17.6 Å². The maximum Gasteiger partial charge on any atom is 0.246 e. The van der Waals surface area contributed by atoms with Crippen LogP contribution in [-0.2, 0) is 9.59 Å². The molecule has 0 radical (unpaired) electrons. The molecule has 3 heterocycles. The number of carbonyl (C=O) groups excluding carboxylic acids is 2. The fourth-order valence-corrected chi connectivity index (χ4v) is 3.97. The van der Waals surface area contributed by atoms with Gasteiger partial charge >= 0.3 is 0 Å². The number of rotatable bonds is 4. The number of piperidine rings is 1. The Hall–Kier alpha value is -2.44. The van der Waals surface area contributed by atoms with E-state index in [1.54, 1.807) is 11.0 Å². The van der Waals surface area contributed by atoms with Crippen molar-refractivity contribution < 1.29 is 14.0 Å². The molecular formula is C20H27FN4O2. The average Bonchev–Trinajstić information content (AvgIpc) is 2.73. The maximum atomic E-state index is 13.1. The van der Waals surface area contributed by atoms with Crippen molar-refractivity contribution in [3.05, 3.63) is 36.8 Å². The molecule has 2 amide bonds. The summed E-state index contributed by atoms with van der Waals surface area (Å²) in [5, 5.41) is 0. The fourth-order valence-electron chi connectivity index (χ4n) is 3.97. The predicted octanol–water partition coefficient (Wildman–Crippen LogP) is 2.07. The Morgan fingerprint density at radius 3 is 2.59 bits per heavy atom. The number of amides is 2. The monoisotopic (exact) mass is 374 g/mol. The second-order valence-corrected chi connectivity index (χ2v) is 7.18. The number of hydrogen-bond donors (Lipinski definition) is 0. The SMILES string of the molecule is C=CC(=O)N1CCN(C(=O)C2CCN(c3ccc(F)cn3)CC2)C(CC)C1. The first-order valence-corrected chi connectivity index (χ1v) is 9.61. The lowest BCUT2D eigenvalue weighted by Crippen LogP contribution is -2.57. The summed E-state index contributed by atoms with van der Waals surface area (Å²) in [6.07, 6.45) is 4.91. The summed E-state index contributed by atoms with van der Waals surface area (Å²) < 4.78 is 13.0. The van der Waals surface area contributed by atoms with Gasteiger partial charge in [0.15, 0.2) is 0 Å². The zero-order valence-corrected chi connectivity index (χ0v) is 15.8. The summed E-state index contributed by atoms with van der Waals surface area (Å²) in [6.45, 7) is 8.79. The summed E-state index contributed by atoms with van der Waals surface area (Å²) >= 11 is 0. The van der Waals surface area contributed by atoms with Crippen molar-refractivity contribution in [3.63, 3.8) is 0 Å². The Morgan fingerprint density at radius 2 is 2.00 bits per heavy atom. The van der Waals surface area contributed by atoms with Gasteiger partial charge in [-0.15, -0.1) is 0 Å². The highest BCUT2D eigenvalue weighted by Crippen LogP contribution is 2.25. The number of hydrogen-bond acceptors (Lipinski definition) is 4. The van der Waals surface area contributed by atoms with E-state index >= 15 is 0 Å². The van der Waals surface area contributed by atoms with Crippen LogP contribution in [0.25, 0.3) is 0 Å². The average molecular weight is 374 g/mol. The molecule has 1 aromatic rings. The summed E-state index contributed by atoms with van der Waals surface area (Å²) in [6, 6.07) is 3.16. The van der Waals surface area contributed by atoms with E-state index < -0.39 is 0 Å². The van der Waals surface area contributed by atoms with E-state index in [-0.39, 0.29) is 29.6 Å². The van der Waals surface area contributed by atoms with Gasteiger partial charge in [0.2, 0.25) is 11.8 Å².